The smallest absolute Gasteiger partial charge is 0.251 e. The van der Waals surface area contributed by atoms with E-state index >= 15 is 0 Å². The Morgan fingerprint density at radius 3 is 2.46 bits per heavy atom. The van der Waals surface area contributed by atoms with Crippen LogP contribution in [0.4, 0.5) is 0 Å². The van der Waals surface area contributed by atoms with E-state index in [4.69, 9.17) is 0 Å². The van der Waals surface area contributed by atoms with Gasteiger partial charge in [0, 0.05) is 11.6 Å². The van der Waals surface area contributed by atoms with Crippen molar-refractivity contribution in [3.8, 4) is 0 Å². The highest BCUT2D eigenvalue weighted by Crippen LogP contribution is 2.24. The Labute approximate surface area is 145 Å². The Hall–Kier alpha value is -1.84. The molecule has 4 heteroatoms. The van der Waals surface area contributed by atoms with E-state index < -0.39 is 6.04 Å². The fourth-order valence-corrected chi connectivity index (χ4v) is 3.32. The minimum Gasteiger partial charge on any atom is -0.351 e. The van der Waals surface area contributed by atoms with E-state index in [0.717, 1.165) is 19.3 Å². The van der Waals surface area contributed by atoms with Gasteiger partial charge in [-0.15, -0.1) is 0 Å². The summed E-state index contributed by atoms with van der Waals surface area (Å²) in [5.74, 6) is 0.363. The molecule has 1 aliphatic carbocycles. The molecule has 4 unspecified atom stereocenters. The van der Waals surface area contributed by atoms with Crippen LogP contribution in [0.1, 0.15) is 63.2 Å². The number of carbonyl (C=O) groups excluding carboxylic acids is 2. The second kappa shape index (κ2) is 8.86. The number of amides is 2. The number of nitrogens with one attached hydrogen (secondary N) is 2. The monoisotopic (exact) mass is 330 g/mol. The second-order valence-corrected chi connectivity index (χ2v) is 7.08. The molecule has 0 aromatic heterocycles. The molecule has 0 spiro atoms. The average molecular weight is 330 g/mol. The number of hydrogen-bond donors (Lipinski definition) is 2. The summed E-state index contributed by atoms with van der Waals surface area (Å²) in [6.45, 7) is 6.26. The molecule has 2 N–H and O–H groups in total. The van der Waals surface area contributed by atoms with Gasteiger partial charge in [0.2, 0.25) is 5.91 Å². The van der Waals surface area contributed by atoms with Crippen LogP contribution in [-0.4, -0.2) is 23.9 Å². The molecule has 0 saturated heterocycles. The summed E-state index contributed by atoms with van der Waals surface area (Å²) in [7, 11) is 0. The largest absolute Gasteiger partial charge is 0.351 e. The first kappa shape index (κ1) is 18.5. The molecule has 0 heterocycles. The van der Waals surface area contributed by atoms with Gasteiger partial charge in [0.1, 0.15) is 6.04 Å². The van der Waals surface area contributed by atoms with Crippen molar-refractivity contribution in [1.29, 1.82) is 0 Å². The van der Waals surface area contributed by atoms with Crippen LogP contribution >= 0.6 is 0 Å². The Morgan fingerprint density at radius 1 is 1.17 bits per heavy atom. The third-order valence-corrected chi connectivity index (χ3v) is 5.26. The van der Waals surface area contributed by atoms with Gasteiger partial charge in [0.25, 0.3) is 5.91 Å². The van der Waals surface area contributed by atoms with Crippen LogP contribution in [0.2, 0.25) is 0 Å². The summed E-state index contributed by atoms with van der Waals surface area (Å²) in [5, 5.41) is 6.12. The van der Waals surface area contributed by atoms with Gasteiger partial charge in [-0.3, -0.25) is 9.59 Å². The lowest BCUT2D eigenvalue weighted by Gasteiger charge is -2.32. The fourth-order valence-electron chi connectivity index (χ4n) is 3.32. The molecular formula is C20H30N2O2. The highest BCUT2D eigenvalue weighted by molar-refractivity contribution is 5.97. The first-order valence-corrected chi connectivity index (χ1v) is 9.19. The van der Waals surface area contributed by atoms with E-state index in [2.05, 4.69) is 17.6 Å². The van der Waals surface area contributed by atoms with Crippen molar-refractivity contribution in [3.63, 3.8) is 0 Å². The molecule has 1 aliphatic rings. The zero-order valence-electron chi connectivity index (χ0n) is 15.0. The minimum atomic E-state index is -0.489. The molecule has 132 valence electrons. The summed E-state index contributed by atoms with van der Waals surface area (Å²) >= 11 is 0. The molecule has 1 saturated carbocycles. The van der Waals surface area contributed by atoms with Crippen LogP contribution < -0.4 is 10.6 Å². The SMILES string of the molecule is CCC(C)C(NC(=O)c1ccccc1)C(=O)NC1CCCCC1C. The molecule has 24 heavy (non-hydrogen) atoms. The average Bonchev–Trinajstić information content (AvgIpc) is 2.61. The van der Waals surface area contributed by atoms with Gasteiger partial charge in [-0.05, 0) is 36.8 Å². The van der Waals surface area contributed by atoms with Gasteiger partial charge < -0.3 is 10.6 Å². The molecule has 1 aromatic rings. The highest BCUT2D eigenvalue weighted by Gasteiger charge is 2.30. The first-order chi connectivity index (χ1) is 11.5. The Balaban J connectivity index is 2.04. The molecule has 2 amide bonds. The number of carbonyl (C=O) groups is 2. The van der Waals surface area contributed by atoms with Crippen LogP contribution in [0.15, 0.2) is 30.3 Å². The Kier molecular flexibility index (Phi) is 6.83. The number of benzene rings is 1. The van der Waals surface area contributed by atoms with Gasteiger partial charge in [-0.25, -0.2) is 0 Å². The van der Waals surface area contributed by atoms with E-state index in [1.54, 1.807) is 12.1 Å². The summed E-state index contributed by atoms with van der Waals surface area (Å²) in [6, 6.07) is 8.81. The lowest BCUT2D eigenvalue weighted by Crippen LogP contribution is -2.54. The molecule has 0 radical (unpaired) electrons. The van der Waals surface area contributed by atoms with E-state index in [1.165, 1.54) is 12.8 Å². The van der Waals surface area contributed by atoms with Crippen LogP contribution in [-0.2, 0) is 4.79 Å². The summed E-state index contributed by atoms with van der Waals surface area (Å²) < 4.78 is 0. The van der Waals surface area contributed by atoms with Gasteiger partial charge in [-0.2, -0.15) is 0 Å². The third-order valence-electron chi connectivity index (χ3n) is 5.26. The van der Waals surface area contributed by atoms with Crippen molar-refractivity contribution in [2.75, 3.05) is 0 Å². The Morgan fingerprint density at radius 2 is 1.83 bits per heavy atom. The van der Waals surface area contributed by atoms with Crippen LogP contribution in [0, 0.1) is 11.8 Å². The lowest BCUT2D eigenvalue weighted by molar-refractivity contribution is -0.125. The molecule has 1 fully saturated rings. The van der Waals surface area contributed by atoms with E-state index in [0.29, 0.717) is 11.5 Å². The van der Waals surface area contributed by atoms with Gasteiger partial charge >= 0.3 is 0 Å². The molecular weight excluding hydrogens is 300 g/mol. The summed E-state index contributed by atoms with van der Waals surface area (Å²) in [4.78, 5) is 25.2. The van der Waals surface area contributed by atoms with Gasteiger partial charge in [0.15, 0.2) is 0 Å². The van der Waals surface area contributed by atoms with Crippen LogP contribution in [0.5, 0.6) is 0 Å². The van der Waals surface area contributed by atoms with Crippen molar-refractivity contribution in [1.82, 2.24) is 10.6 Å². The maximum Gasteiger partial charge on any atom is 0.251 e. The Bertz CT molecular complexity index is 544. The van der Waals surface area contributed by atoms with Crippen molar-refractivity contribution in [2.24, 2.45) is 11.8 Å². The quantitative estimate of drug-likeness (QED) is 0.838. The summed E-state index contributed by atoms with van der Waals surface area (Å²) in [6.07, 6.45) is 5.45. The standard InChI is InChI=1S/C20H30N2O2/c1-4-14(2)18(22-19(23)16-11-6-5-7-12-16)20(24)21-17-13-9-8-10-15(17)3/h5-7,11-12,14-15,17-18H,4,8-10,13H2,1-3H3,(H,21,24)(H,22,23). The van der Waals surface area contributed by atoms with E-state index in [9.17, 15) is 9.59 Å². The predicted octanol–water partition coefficient (Wildman–Crippen LogP) is 3.53. The first-order valence-electron chi connectivity index (χ1n) is 9.19. The van der Waals surface area contributed by atoms with E-state index in [1.807, 2.05) is 32.0 Å². The van der Waals surface area contributed by atoms with E-state index in [-0.39, 0.29) is 23.8 Å². The highest BCUT2D eigenvalue weighted by atomic mass is 16.2. The van der Waals surface area contributed by atoms with Crippen molar-refractivity contribution < 1.29 is 9.59 Å². The predicted molar refractivity (Wildman–Crippen MR) is 96.7 cm³/mol. The van der Waals surface area contributed by atoms with Gasteiger partial charge in [0.05, 0.1) is 0 Å². The molecule has 2 rings (SSSR count). The zero-order chi connectivity index (χ0) is 17.5. The molecule has 4 atom stereocenters. The molecule has 0 aliphatic heterocycles. The molecule has 1 aromatic carbocycles. The number of rotatable bonds is 6. The van der Waals surface area contributed by atoms with Crippen LogP contribution in [0.3, 0.4) is 0 Å². The number of hydrogen-bond acceptors (Lipinski definition) is 2. The molecule has 4 nitrogen and oxygen atoms in total. The normalized spacial score (nSPS) is 23.1. The second-order valence-electron chi connectivity index (χ2n) is 7.08. The minimum absolute atomic E-state index is 0.0487. The fraction of sp³-hybridized carbons (Fsp3) is 0.600. The maximum atomic E-state index is 12.8. The van der Waals surface area contributed by atoms with Crippen molar-refractivity contribution in [2.45, 2.75) is 65.0 Å². The lowest BCUT2D eigenvalue weighted by atomic mass is 9.85. The zero-order valence-corrected chi connectivity index (χ0v) is 15.0. The van der Waals surface area contributed by atoms with Gasteiger partial charge in [-0.1, -0.05) is 58.2 Å². The topological polar surface area (TPSA) is 58.2 Å². The maximum absolute atomic E-state index is 12.8. The third kappa shape index (κ3) is 4.83. The van der Waals surface area contributed by atoms with Crippen molar-refractivity contribution >= 4 is 11.8 Å². The summed E-state index contributed by atoms with van der Waals surface area (Å²) in [5.41, 5.74) is 0.588. The van der Waals surface area contributed by atoms with Crippen LogP contribution in [0.25, 0.3) is 0 Å². The molecule has 0 bridgehead atoms. The van der Waals surface area contributed by atoms with Crippen molar-refractivity contribution in [3.05, 3.63) is 35.9 Å².